The molecule has 0 aliphatic carbocycles. The van der Waals surface area contributed by atoms with Crippen molar-refractivity contribution in [2.24, 2.45) is 0 Å². The van der Waals surface area contributed by atoms with E-state index in [0.29, 0.717) is 12.1 Å². The molecule has 4 heteroatoms. The molecule has 86 valence electrons. The standard InChI is InChI=1S/C12H16N2O2/c1-7(2)6-13-11(15)10-8(3)5-9(4)14-12(10)16/h5H,1,6H2,2-4H3,(H,13,15)(H,14,16). The Morgan fingerprint density at radius 1 is 1.50 bits per heavy atom. The van der Waals surface area contributed by atoms with Crippen molar-refractivity contribution in [2.75, 3.05) is 6.54 Å². The second kappa shape index (κ2) is 4.79. The number of rotatable bonds is 3. The lowest BCUT2D eigenvalue weighted by Gasteiger charge is -2.07. The van der Waals surface area contributed by atoms with Crippen LogP contribution in [0.1, 0.15) is 28.5 Å². The van der Waals surface area contributed by atoms with Gasteiger partial charge in [-0.2, -0.15) is 0 Å². The Balaban J connectivity index is 3.00. The first-order valence-electron chi connectivity index (χ1n) is 5.05. The van der Waals surface area contributed by atoms with Crippen LogP contribution in [-0.2, 0) is 0 Å². The number of H-pyrrole nitrogens is 1. The molecule has 1 heterocycles. The summed E-state index contributed by atoms with van der Waals surface area (Å²) in [5, 5.41) is 2.64. The van der Waals surface area contributed by atoms with E-state index in [1.54, 1.807) is 19.9 Å². The number of aromatic nitrogens is 1. The molecule has 0 saturated heterocycles. The minimum Gasteiger partial charge on any atom is -0.348 e. The van der Waals surface area contributed by atoms with Gasteiger partial charge < -0.3 is 10.3 Å². The molecule has 0 atom stereocenters. The number of amides is 1. The number of carbonyl (C=O) groups excluding carboxylic acids is 1. The van der Waals surface area contributed by atoms with Crippen LogP contribution < -0.4 is 10.9 Å². The molecule has 0 aliphatic rings. The number of carbonyl (C=O) groups is 1. The van der Waals surface area contributed by atoms with E-state index in [-0.39, 0.29) is 17.0 Å². The van der Waals surface area contributed by atoms with Crippen molar-refractivity contribution in [3.05, 3.63) is 45.4 Å². The van der Waals surface area contributed by atoms with Crippen molar-refractivity contribution in [3.63, 3.8) is 0 Å². The first-order chi connectivity index (χ1) is 7.41. The largest absolute Gasteiger partial charge is 0.348 e. The summed E-state index contributed by atoms with van der Waals surface area (Å²) >= 11 is 0. The summed E-state index contributed by atoms with van der Waals surface area (Å²) < 4.78 is 0. The summed E-state index contributed by atoms with van der Waals surface area (Å²) in [6.07, 6.45) is 0. The van der Waals surface area contributed by atoms with Crippen LogP contribution in [0.25, 0.3) is 0 Å². The highest BCUT2D eigenvalue weighted by molar-refractivity contribution is 5.95. The third-order valence-corrected chi connectivity index (χ3v) is 2.14. The molecular weight excluding hydrogens is 204 g/mol. The van der Waals surface area contributed by atoms with E-state index in [1.165, 1.54) is 0 Å². The second-order valence-corrected chi connectivity index (χ2v) is 3.98. The molecule has 0 aliphatic heterocycles. The van der Waals surface area contributed by atoms with E-state index in [2.05, 4.69) is 16.9 Å². The zero-order valence-electron chi connectivity index (χ0n) is 9.81. The number of hydrogen-bond donors (Lipinski definition) is 2. The van der Waals surface area contributed by atoms with Gasteiger partial charge >= 0.3 is 0 Å². The molecule has 0 aromatic carbocycles. The summed E-state index contributed by atoms with van der Waals surface area (Å²) in [5.41, 5.74) is 2.09. The van der Waals surface area contributed by atoms with Crippen molar-refractivity contribution < 1.29 is 4.79 Å². The number of aromatic amines is 1. The lowest BCUT2D eigenvalue weighted by atomic mass is 10.1. The van der Waals surface area contributed by atoms with Crippen LogP contribution in [0.5, 0.6) is 0 Å². The Labute approximate surface area is 94.4 Å². The fourth-order valence-corrected chi connectivity index (χ4v) is 1.46. The molecule has 16 heavy (non-hydrogen) atoms. The van der Waals surface area contributed by atoms with Gasteiger partial charge in [-0.15, -0.1) is 0 Å². The van der Waals surface area contributed by atoms with Gasteiger partial charge in [-0.05, 0) is 32.4 Å². The number of hydrogen-bond acceptors (Lipinski definition) is 2. The molecule has 1 aromatic heterocycles. The smallest absolute Gasteiger partial charge is 0.261 e. The van der Waals surface area contributed by atoms with E-state index in [9.17, 15) is 9.59 Å². The van der Waals surface area contributed by atoms with Gasteiger partial charge in [0.1, 0.15) is 5.56 Å². The normalized spacial score (nSPS) is 9.94. The van der Waals surface area contributed by atoms with Crippen molar-refractivity contribution in [3.8, 4) is 0 Å². The summed E-state index contributed by atoms with van der Waals surface area (Å²) in [5.74, 6) is -0.359. The highest BCUT2D eigenvalue weighted by atomic mass is 16.2. The van der Waals surface area contributed by atoms with Crippen LogP contribution in [0.2, 0.25) is 0 Å². The minimum absolute atomic E-state index is 0.173. The van der Waals surface area contributed by atoms with Gasteiger partial charge in [0.25, 0.3) is 11.5 Å². The number of nitrogens with one attached hydrogen (secondary N) is 2. The van der Waals surface area contributed by atoms with Gasteiger partial charge in [0, 0.05) is 12.2 Å². The average molecular weight is 220 g/mol. The first kappa shape index (κ1) is 12.2. The molecule has 0 radical (unpaired) electrons. The Morgan fingerprint density at radius 3 is 2.62 bits per heavy atom. The molecule has 1 amide bonds. The van der Waals surface area contributed by atoms with Crippen molar-refractivity contribution >= 4 is 5.91 Å². The Hall–Kier alpha value is -1.84. The van der Waals surface area contributed by atoms with Gasteiger partial charge in [-0.3, -0.25) is 9.59 Å². The number of aryl methyl sites for hydroxylation is 2. The van der Waals surface area contributed by atoms with Crippen LogP contribution >= 0.6 is 0 Å². The van der Waals surface area contributed by atoms with E-state index in [1.807, 2.05) is 6.92 Å². The average Bonchev–Trinajstić information content (AvgIpc) is 2.12. The third kappa shape index (κ3) is 2.82. The fourth-order valence-electron chi connectivity index (χ4n) is 1.46. The molecule has 0 saturated carbocycles. The number of pyridine rings is 1. The van der Waals surface area contributed by atoms with Gasteiger partial charge in [0.2, 0.25) is 0 Å². The monoisotopic (exact) mass is 220 g/mol. The topological polar surface area (TPSA) is 62.0 Å². The van der Waals surface area contributed by atoms with E-state index < -0.39 is 0 Å². The van der Waals surface area contributed by atoms with E-state index in [4.69, 9.17) is 0 Å². The maximum atomic E-state index is 11.7. The highest BCUT2D eigenvalue weighted by Gasteiger charge is 2.13. The summed E-state index contributed by atoms with van der Waals surface area (Å²) in [4.78, 5) is 25.9. The van der Waals surface area contributed by atoms with Crippen LogP contribution in [0.3, 0.4) is 0 Å². The Morgan fingerprint density at radius 2 is 2.12 bits per heavy atom. The predicted octanol–water partition coefficient (Wildman–Crippen LogP) is 1.30. The van der Waals surface area contributed by atoms with E-state index in [0.717, 1.165) is 11.3 Å². The SMILES string of the molecule is C=C(C)CNC(=O)c1c(C)cc(C)[nH]c1=O. The quantitative estimate of drug-likeness (QED) is 0.754. The van der Waals surface area contributed by atoms with Crippen molar-refractivity contribution in [1.29, 1.82) is 0 Å². The third-order valence-electron chi connectivity index (χ3n) is 2.14. The lowest BCUT2D eigenvalue weighted by Crippen LogP contribution is -2.31. The van der Waals surface area contributed by atoms with Crippen LogP contribution in [0.15, 0.2) is 23.0 Å². The maximum absolute atomic E-state index is 11.7. The van der Waals surface area contributed by atoms with Crippen molar-refractivity contribution in [2.45, 2.75) is 20.8 Å². The van der Waals surface area contributed by atoms with Gasteiger partial charge in [0.05, 0.1) is 0 Å². The molecule has 0 fully saturated rings. The van der Waals surface area contributed by atoms with E-state index >= 15 is 0 Å². The van der Waals surface area contributed by atoms with Gasteiger partial charge in [-0.25, -0.2) is 0 Å². The first-order valence-corrected chi connectivity index (χ1v) is 5.05. The van der Waals surface area contributed by atoms with Gasteiger partial charge in [0.15, 0.2) is 0 Å². The molecular formula is C12H16N2O2. The molecule has 1 rings (SSSR count). The second-order valence-electron chi connectivity index (χ2n) is 3.98. The molecule has 0 unspecified atom stereocenters. The Bertz CT molecular complexity index is 486. The van der Waals surface area contributed by atoms with Crippen LogP contribution in [0.4, 0.5) is 0 Å². The van der Waals surface area contributed by atoms with Crippen molar-refractivity contribution in [1.82, 2.24) is 10.3 Å². The molecule has 0 spiro atoms. The Kier molecular flexibility index (Phi) is 3.66. The van der Waals surface area contributed by atoms with Crippen LogP contribution in [-0.4, -0.2) is 17.4 Å². The summed E-state index contributed by atoms with van der Waals surface area (Å²) in [6, 6.07) is 1.77. The summed E-state index contributed by atoms with van der Waals surface area (Å²) in [7, 11) is 0. The maximum Gasteiger partial charge on any atom is 0.261 e. The van der Waals surface area contributed by atoms with Gasteiger partial charge in [-0.1, -0.05) is 12.2 Å². The molecule has 4 nitrogen and oxygen atoms in total. The molecule has 2 N–H and O–H groups in total. The zero-order chi connectivity index (χ0) is 12.3. The molecule has 0 bridgehead atoms. The highest BCUT2D eigenvalue weighted by Crippen LogP contribution is 2.03. The molecule has 1 aromatic rings. The predicted molar refractivity (Wildman–Crippen MR) is 63.7 cm³/mol. The minimum atomic E-state index is -0.359. The zero-order valence-corrected chi connectivity index (χ0v) is 9.81. The van der Waals surface area contributed by atoms with Crippen LogP contribution in [0, 0.1) is 13.8 Å². The fraction of sp³-hybridized carbons (Fsp3) is 0.333. The summed E-state index contributed by atoms with van der Waals surface area (Å²) in [6.45, 7) is 9.40. The lowest BCUT2D eigenvalue weighted by molar-refractivity contribution is 0.0955.